The first-order valence-corrected chi connectivity index (χ1v) is 8.90. The van der Waals surface area contributed by atoms with Crippen LogP contribution in [0.15, 0.2) is 44.6 Å². The van der Waals surface area contributed by atoms with E-state index in [1.807, 2.05) is 4.83 Å². The van der Waals surface area contributed by atoms with Gasteiger partial charge in [-0.15, -0.1) is 4.83 Å². The molecule has 1 amide bonds. The predicted octanol–water partition coefficient (Wildman–Crippen LogP) is 0.581. The molecule has 11 heteroatoms. The molecule has 2 aromatic heterocycles. The van der Waals surface area contributed by atoms with Gasteiger partial charge in [0, 0.05) is 17.7 Å². The van der Waals surface area contributed by atoms with Crippen molar-refractivity contribution >= 4 is 42.9 Å². The minimum atomic E-state index is -3.99. The molecule has 1 aromatic carbocycles. The molecule has 0 bridgehead atoms. The number of rotatable bonds is 4. The van der Waals surface area contributed by atoms with Gasteiger partial charge in [0.05, 0.1) is 15.9 Å². The number of hydrazine groups is 1. The van der Waals surface area contributed by atoms with Crippen molar-refractivity contribution < 1.29 is 13.2 Å². The molecule has 3 aromatic rings. The van der Waals surface area contributed by atoms with Gasteiger partial charge in [-0.3, -0.25) is 10.2 Å². The number of carbonyl (C=O) groups excluding carboxylic acids is 1. The first-order chi connectivity index (χ1) is 11.3. The van der Waals surface area contributed by atoms with Crippen LogP contribution < -0.4 is 15.9 Å². The van der Waals surface area contributed by atoms with Crippen LogP contribution in [0.2, 0.25) is 0 Å². The maximum Gasteiger partial charge on any atom is 0.323 e. The summed E-state index contributed by atoms with van der Waals surface area (Å²) < 4.78 is 26.8. The lowest BCUT2D eigenvalue weighted by atomic mass is 10.3. The number of nitrogens with one attached hydrogen (secondary N) is 4. The summed E-state index contributed by atoms with van der Waals surface area (Å²) >= 11 is 3.23. The second kappa shape index (κ2) is 5.92. The van der Waals surface area contributed by atoms with Gasteiger partial charge in [0.25, 0.3) is 15.9 Å². The van der Waals surface area contributed by atoms with Crippen molar-refractivity contribution in [2.45, 2.75) is 4.90 Å². The Kier molecular flexibility index (Phi) is 4.07. The van der Waals surface area contributed by atoms with Gasteiger partial charge < -0.3 is 14.5 Å². The number of H-pyrrole nitrogens is 2. The zero-order valence-corrected chi connectivity index (χ0v) is 14.7. The van der Waals surface area contributed by atoms with Gasteiger partial charge >= 0.3 is 5.69 Å². The minimum Gasteiger partial charge on any atom is -0.345 e. The molecule has 0 spiro atoms. The number of hydrogen-bond donors (Lipinski definition) is 4. The average Bonchev–Trinajstić information content (AvgIpc) is 3.04. The van der Waals surface area contributed by atoms with Crippen molar-refractivity contribution in [3.05, 3.63) is 51.1 Å². The number of nitrogens with zero attached hydrogens (tertiary/aromatic N) is 1. The molecule has 0 atom stereocenters. The highest BCUT2D eigenvalue weighted by Gasteiger charge is 2.18. The average molecular weight is 414 g/mol. The topological polar surface area (TPSA) is 129 Å². The van der Waals surface area contributed by atoms with E-state index in [-0.39, 0.29) is 10.6 Å². The van der Waals surface area contributed by atoms with Crippen LogP contribution >= 0.6 is 15.9 Å². The zero-order valence-electron chi connectivity index (χ0n) is 12.3. The van der Waals surface area contributed by atoms with E-state index >= 15 is 0 Å². The van der Waals surface area contributed by atoms with Gasteiger partial charge in [-0.05, 0) is 40.2 Å². The molecule has 0 radical (unpaired) electrons. The third kappa shape index (κ3) is 3.13. The van der Waals surface area contributed by atoms with Gasteiger partial charge in [0.1, 0.15) is 5.69 Å². The number of imidazole rings is 1. The maximum atomic E-state index is 12.3. The quantitative estimate of drug-likeness (QED) is 0.466. The number of carbonyl (C=O) groups is 1. The van der Waals surface area contributed by atoms with Crippen molar-refractivity contribution in [3.8, 4) is 0 Å². The summed E-state index contributed by atoms with van der Waals surface area (Å²) in [5, 5.41) is 0. The molecule has 126 valence electrons. The maximum absolute atomic E-state index is 12.3. The van der Waals surface area contributed by atoms with Crippen LogP contribution in [0.4, 0.5) is 0 Å². The number of fused-ring (bicyclic) bond motifs is 1. The van der Waals surface area contributed by atoms with E-state index < -0.39 is 21.6 Å². The summed E-state index contributed by atoms with van der Waals surface area (Å²) in [6, 6.07) is 5.62. The van der Waals surface area contributed by atoms with Crippen molar-refractivity contribution in [2.75, 3.05) is 0 Å². The van der Waals surface area contributed by atoms with Crippen LogP contribution in [-0.4, -0.2) is 28.9 Å². The highest BCUT2D eigenvalue weighted by Crippen LogP contribution is 2.15. The molecule has 9 nitrogen and oxygen atoms in total. The van der Waals surface area contributed by atoms with E-state index in [2.05, 4.69) is 31.3 Å². The van der Waals surface area contributed by atoms with E-state index in [1.54, 1.807) is 23.9 Å². The van der Waals surface area contributed by atoms with Crippen LogP contribution in [-0.2, 0) is 17.1 Å². The highest BCUT2D eigenvalue weighted by atomic mass is 79.9. The van der Waals surface area contributed by atoms with Gasteiger partial charge in [-0.2, -0.15) is 0 Å². The van der Waals surface area contributed by atoms with Gasteiger partial charge in [-0.1, -0.05) is 0 Å². The van der Waals surface area contributed by atoms with Gasteiger partial charge in [-0.25, -0.2) is 13.2 Å². The largest absolute Gasteiger partial charge is 0.345 e. The fraction of sp³-hybridized carbons (Fsp3) is 0.0769. The Morgan fingerprint density at radius 2 is 1.92 bits per heavy atom. The highest BCUT2D eigenvalue weighted by molar-refractivity contribution is 9.10. The fourth-order valence-corrected chi connectivity index (χ4v) is 3.55. The summed E-state index contributed by atoms with van der Waals surface area (Å²) in [7, 11) is -2.33. The first kappa shape index (κ1) is 16.5. The van der Waals surface area contributed by atoms with E-state index in [9.17, 15) is 18.0 Å². The predicted molar refractivity (Wildman–Crippen MR) is 89.8 cm³/mol. The lowest BCUT2D eigenvalue weighted by molar-refractivity contribution is 0.0937. The first-order valence-electron chi connectivity index (χ1n) is 6.62. The van der Waals surface area contributed by atoms with E-state index in [0.29, 0.717) is 15.5 Å². The number of aromatic amines is 2. The minimum absolute atomic E-state index is 0.0985. The Bertz CT molecular complexity index is 1100. The Morgan fingerprint density at radius 3 is 2.58 bits per heavy atom. The van der Waals surface area contributed by atoms with Crippen LogP contribution in [0.25, 0.3) is 11.0 Å². The molecule has 3 rings (SSSR count). The normalized spacial score (nSPS) is 11.8. The summed E-state index contributed by atoms with van der Waals surface area (Å²) in [6.45, 7) is 0. The standard InChI is InChI=1S/C13H12BrN5O4S/c1-19-6-7(14)4-11(19)12(20)17-18-24(22,23)8-2-3-9-10(5-8)16-13(21)15-9/h2-6,18H,1H3,(H,17,20)(H2,15,16,21). The molecule has 24 heavy (non-hydrogen) atoms. The molecule has 0 saturated heterocycles. The number of benzene rings is 1. The smallest absolute Gasteiger partial charge is 0.323 e. The molecule has 0 aliphatic heterocycles. The molecule has 0 fully saturated rings. The van der Waals surface area contributed by atoms with Crippen molar-refractivity contribution in [3.63, 3.8) is 0 Å². The second-order valence-corrected chi connectivity index (χ2v) is 7.60. The zero-order chi connectivity index (χ0) is 17.5. The molecule has 4 N–H and O–H groups in total. The lowest BCUT2D eigenvalue weighted by Gasteiger charge is -2.09. The fourth-order valence-electron chi connectivity index (χ4n) is 2.17. The number of aryl methyl sites for hydroxylation is 1. The SMILES string of the molecule is Cn1cc(Br)cc1C(=O)NNS(=O)(=O)c1ccc2[nH]c(=O)[nH]c2c1. The van der Waals surface area contributed by atoms with E-state index in [1.165, 1.54) is 18.2 Å². The molecule has 0 aliphatic carbocycles. The molecular formula is C13H12BrN5O4S. The molecule has 0 aliphatic rings. The number of amides is 1. The summed E-state index contributed by atoms with van der Waals surface area (Å²) in [5.41, 5.74) is 2.82. The Hall–Kier alpha value is -2.37. The van der Waals surface area contributed by atoms with Crippen LogP contribution in [0.3, 0.4) is 0 Å². The van der Waals surface area contributed by atoms with Crippen LogP contribution in [0, 0.1) is 0 Å². The lowest BCUT2D eigenvalue weighted by Crippen LogP contribution is -2.42. The van der Waals surface area contributed by atoms with Crippen molar-refractivity contribution in [1.29, 1.82) is 0 Å². The van der Waals surface area contributed by atoms with Gasteiger partial charge in [0.2, 0.25) is 0 Å². The van der Waals surface area contributed by atoms with Crippen molar-refractivity contribution in [1.82, 2.24) is 24.8 Å². The van der Waals surface area contributed by atoms with Crippen LogP contribution in [0.1, 0.15) is 10.5 Å². The Labute approximate surface area is 144 Å². The monoisotopic (exact) mass is 413 g/mol. The van der Waals surface area contributed by atoms with Crippen molar-refractivity contribution in [2.24, 2.45) is 7.05 Å². The Morgan fingerprint density at radius 1 is 1.21 bits per heavy atom. The number of halogens is 1. The van der Waals surface area contributed by atoms with E-state index in [0.717, 1.165) is 0 Å². The van der Waals surface area contributed by atoms with E-state index in [4.69, 9.17) is 0 Å². The number of sulfonamides is 1. The summed E-state index contributed by atoms with van der Waals surface area (Å²) in [4.78, 5) is 30.2. The summed E-state index contributed by atoms with van der Waals surface area (Å²) in [6.07, 6.45) is 1.67. The molecule has 0 unspecified atom stereocenters. The summed E-state index contributed by atoms with van der Waals surface area (Å²) in [5.74, 6) is -0.608. The Balaban J connectivity index is 1.81. The van der Waals surface area contributed by atoms with Gasteiger partial charge in [0.15, 0.2) is 0 Å². The second-order valence-electron chi connectivity index (χ2n) is 5.00. The molecule has 2 heterocycles. The molecular weight excluding hydrogens is 402 g/mol. The third-order valence-corrected chi connectivity index (χ3v) is 4.98. The number of hydrogen-bond acceptors (Lipinski definition) is 4. The third-order valence-electron chi connectivity index (χ3n) is 3.30. The number of aromatic nitrogens is 3. The molecule has 0 saturated carbocycles. The van der Waals surface area contributed by atoms with Crippen LogP contribution in [0.5, 0.6) is 0 Å².